The maximum absolute atomic E-state index is 12.5. The highest BCUT2D eigenvalue weighted by Gasteiger charge is 2.18. The average Bonchev–Trinajstić information content (AvgIpc) is 2.54. The van der Waals surface area contributed by atoms with Gasteiger partial charge in [-0.2, -0.15) is 8.78 Å². The molecule has 3 nitrogen and oxygen atoms in total. The highest BCUT2D eigenvalue weighted by Crippen LogP contribution is 2.35. The zero-order valence-electron chi connectivity index (χ0n) is 14.0. The molecule has 2 rings (SSSR count). The van der Waals surface area contributed by atoms with Gasteiger partial charge in [-0.1, -0.05) is 17.8 Å². The Labute approximate surface area is 141 Å². The number of methoxy groups -OCH3 is 1. The van der Waals surface area contributed by atoms with Crippen molar-refractivity contribution in [2.75, 3.05) is 33.8 Å². The number of alkyl halides is 2. The Morgan fingerprint density at radius 1 is 1.35 bits per heavy atom. The zero-order chi connectivity index (χ0) is 16.8. The van der Waals surface area contributed by atoms with Gasteiger partial charge in [0.05, 0.1) is 12.0 Å². The molecule has 0 unspecified atom stereocenters. The molecule has 1 heterocycles. The second kappa shape index (κ2) is 8.85. The number of halogens is 2. The van der Waals surface area contributed by atoms with Crippen LogP contribution in [0.15, 0.2) is 23.1 Å². The molecular formula is C17H26F2N2OS. The van der Waals surface area contributed by atoms with Crippen molar-refractivity contribution in [1.29, 1.82) is 0 Å². The summed E-state index contributed by atoms with van der Waals surface area (Å²) >= 11 is 0.523. The van der Waals surface area contributed by atoms with Gasteiger partial charge in [0, 0.05) is 6.04 Å². The number of piperidine rings is 1. The quantitative estimate of drug-likeness (QED) is 0.756. The van der Waals surface area contributed by atoms with E-state index in [9.17, 15) is 8.78 Å². The summed E-state index contributed by atoms with van der Waals surface area (Å²) in [6.45, 7) is 5.41. The first-order valence-corrected chi connectivity index (χ1v) is 8.92. The first-order valence-electron chi connectivity index (χ1n) is 8.04. The van der Waals surface area contributed by atoms with E-state index in [2.05, 4.69) is 24.2 Å². The number of rotatable bonds is 7. The first kappa shape index (κ1) is 18.5. The van der Waals surface area contributed by atoms with Gasteiger partial charge in [-0.05, 0) is 70.1 Å². The van der Waals surface area contributed by atoms with Crippen molar-refractivity contribution < 1.29 is 13.5 Å². The fraction of sp³-hybridized carbons (Fsp3) is 0.647. The molecule has 1 aromatic carbocycles. The molecule has 0 spiro atoms. The number of nitrogens with zero attached hydrogens (tertiary/aromatic N) is 1. The number of likely N-dealkylation sites (tertiary alicyclic amines) is 1. The number of benzene rings is 1. The summed E-state index contributed by atoms with van der Waals surface area (Å²) in [5, 5.41) is 3.57. The minimum absolute atomic E-state index is 0.175. The summed E-state index contributed by atoms with van der Waals surface area (Å²) in [5.74, 6) is -1.21. The van der Waals surface area contributed by atoms with Gasteiger partial charge >= 0.3 is 0 Å². The van der Waals surface area contributed by atoms with E-state index < -0.39 is 5.76 Å². The van der Waals surface area contributed by atoms with Gasteiger partial charge in [0.1, 0.15) is 5.75 Å². The van der Waals surface area contributed by atoms with E-state index >= 15 is 0 Å². The molecule has 130 valence electrons. The van der Waals surface area contributed by atoms with Crippen LogP contribution in [0.25, 0.3) is 0 Å². The van der Waals surface area contributed by atoms with E-state index in [0.29, 0.717) is 28.3 Å². The predicted octanol–water partition coefficient (Wildman–Crippen LogP) is 4.00. The van der Waals surface area contributed by atoms with Crippen molar-refractivity contribution in [3.63, 3.8) is 0 Å². The molecule has 6 heteroatoms. The Morgan fingerprint density at radius 3 is 2.65 bits per heavy atom. The van der Waals surface area contributed by atoms with Crippen LogP contribution in [0.4, 0.5) is 8.78 Å². The summed E-state index contributed by atoms with van der Waals surface area (Å²) < 4.78 is 30.3. The second-order valence-corrected chi connectivity index (χ2v) is 7.20. The molecule has 1 atom stereocenters. The summed E-state index contributed by atoms with van der Waals surface area (Å²) in [6.07, 6.45) is 2.45. The monoisotopic (exact) mass is 344 g/mol. The topological polar surface area (TPSA) is 24.5 Å². The molecule has 23 heavy (non-hydrogen) atoms. The van der Waals surface area contributed by atoms with Crippen LogP contribution in [0.3, 0.4) is 0 Å². The Morgan fingerprint density at radius 2 is 2.04 bits per heavy atom. The Kier molecular flexibility index (Phi) is 7.11. The maximum atomic E-state index is 12.5. The highest BCUT2D eigenvalue weighted by molar-refractivity contribution is 7.99. The molecule has 0 bridgehead atoms. The molecule has 1 aromatic rings. The van der Waals surface area contributed by atoms with Crippen molar-refractivity contribution in [1.82, 2.24) is 10.2 Å². The average molecular weight is 344 g/mol. The summed E-state index contributed by atoms with van der Waals surface area (Å²) in [7, 11) is 3.68. The van der Waals surface area contributed by atoms with Gasteiger partial charge in [-0.3, -0.25) is 0 Å². The van der Waals surface area contributed by atoms with Crippen LogP contribution in [0, 0.1) is 5.92 Å². The molecule has 1 aliphatic heterocycles. The molecule has 1 fully saturated rings. The van der Waals surface area contributed by atoms with Gasteiger partial charge in [-0.25, -0.2) is 0 Å². The molecule has 0 aliphatic carbocycles. The molecule has 0 aromatic heterocycles. The van der Waals surface area contributed by atoms with Crippen LogP contribution in [0.1, 0.15) is 31.4 Å². The van der Waals surface area contributed by atoms with E-state index in [4.69, 9.17) is 4.74 Å². The fourth-order valence-electron chi connectivity index (χ4n) is 2.87. The van der Waals surface area contributed by atoms with Crippen LogP contribution in [0.2, 0.25) is 0 Å². The smallest absolute Gasteiger partial charge is 0.289 e. The van der Waals surface area contributed by atoms with Crippen LogP contribution >= 0.6 is 11.8 Å². The molecule has 1 N–H and O–H groups in total. The van der Waals surface area contributed by atoms with Gasteiger partial charge in [0.2, 0.25) is 0 Å². The maximum Gasteiger partial charge on any atom is 0.289 e. The number of nitrogens with one attached hydrogen (secondary N) is 1. The van der Waals surface area contributed by atoms with Crippen molar-refractivity contribution in [2.24, 2.45) is 5.92 Å². The lowest BCUT2D eigenvalue weighted by molar-refractivity contribution is 0.213. The minimum Gasteiger partial charge on any atom is -0.496 e. The van der Waals surface area contributed by atoms with Gasteiger partial charge < -0.3 is 15.0 Å². The highest BCUT2D eigenvalue weighted by atomic mass is 32.2. The zero-order valence-corrected chi connectivity index (χ0v) is 14.8. The van der Waals surface area contributed by atoms with E-state index in [1.807, 2.05) is 12.1 Å². The molecule has 0 saturated carbocycles. The van der Waals surface area contributed by atoms with Crippen LogP contribution in [-0.2, 0) is 0 Å². The van der Waals surface area contributed by atoms with Crippen LogP contribution in [0.5, 0.6) is 5.75 Å². The molecule has 1 saturated heterocycles. The largest absolute Gasteiger partial charge is 0.496 e. The van der Waals surface area contributed by atoms with E-state index in [0.717, 1.165) is 25.2 Å². The molecule has 0 amide bonds. The predicted molar refractivity (Wildman–Crippen MR) is 91.5 cm³/mol. The summed E-state index contributed by atoms with van der Waals surface area (Å²) in [4.78, 5) is 2.85. The van der Waals surface area contributed by atoms with Crippen LogP contribution < -0.4 is 10.1 Å². The van der Waals surface area contributed by atoms with Crippen molar-refractivity contribution in [3.8, 4) is 5.75 Å². The number of hydrogen-bond donors (Lipinski definition) is 1. The summed E-state index contributed by atoms with van der Waals surface area (Å²) in [5.41, 5.74) is 1.06. The van der Waals surface area contributed by atoms with E-state index in [1.165, 1.54) is 20.0 Å². The molecule has 1 aliphatic rings. The number of thioether (sulfide) groups is 1. The van der Waals surface area contributed by atoms with Gasteiger partial charge in [0.25, 0.3) is 5.76 Å². The fourth-order valence-corrected chi connectivity index (χ4v) is 3.47. The Balaban J connectivity index is 1.92. The molecule has 0 radical (unpaired) electrons. The van der Waals surface area contributed by atoms with Crippen molar-refractivity contribution in [2.45, 2.75) is 36.5 Å². The third-order valence-corrected chi connectivity index (χ3v) is 5.22. The lowest BCUT2D eigenvalue weighted by atomic mass is 9.96. The van der Waals surface area contributed by atoms with Gasteiger partial charge in [-0.15, -0.1) is 0 Å². The minimum atomic E-state index is -2.44. The summed E-state index contributed by atoms with van der Waals surface area (Å²) in [6, 6.07) is 5.66. The standard InChI is InChI=1S/C17H26F2N2OS/c1-12(20-11-13-6-8-21(2)9-7-13)14-4-5-16(23-17(18)19)15(10-14)22-3/h4-5,10,12-13,17,20H,6-9,11H2,1-3H3/t12-/m0/s1. The third kappa shape index (κ3) is 5.62. The van der Waals surface area contributed by atoms with Crippen LogP contribution in [-0.4, -0.2) is 44.4 Å². The normalized spacial score (nSPS) is 18.3. The number of hydrogen-bond acceptors (Lipinski definition) is 4. The number of ether oxygens (including phenoxy) is 1. The van der Waals surface area contributed by atoms with Gasteiger partial charge in [0.15, 0.2) is 0 Å². The molecular weight excluding hydrogens is 318 g/mol. The second-order valence-electron chi connectivity index (χ2n) is 6.17. The first-order chi connectivity index (χ1) is 11.0. The lowest BCUT2D eigenvalue weighted by Gasteiger charge is -2.30. The lowest BCUT2D eigenvalue weighted by Crippen LogP contribution is -2.35. The third-order valence-electron chi connectivity index (χ3n) is 4.45. The van der Waals surface area contributed by atoms with E-state index in [-0.39, 0.29) is 6.04 Å². The van der Waals surface area contributed by atoms with E-state index in [1.54, 1.807) is 6.07 Å². The van der Waals surface area contributed by atoms with Crippen molar-refractivity contribution in [3.05, 3.63) is 23.8 Å². The Bertz CT molecular complexity index is 493. The SMILES string of the molecule is COc1cc([C@H](C)NCC2CCN(C)CC2)ccc1SC(F)F. The van der Waals surface area contributed by atoms with Crippen molar-refractivity contribution >= 4 is 11.8 Å². The Hall–Kier alpha value is -0.850.